The summed E-state index contributed by atoms with van der Waals surface area (Å²) in [6.45, 7) is 4.47. The van der Waals surface area contributed by atoms with Gasteiger partial charge in [0.05, 0.1) is 16.9 Å². The number of nitrogens with zero attached hydrogens (tertiary/aromatic N) is 3. The molecule has 0 aromatic carbocycles. The lowest BCUT2D eigenvalue weighted by molar-refractivity contribution is 0.285. The van der Waals surface area contributed by atoms with Gasteiger partial charge in [0, 0.05) is 6.54 Å². The fraction of sp³-hybridized carbons (Fsp3) is 0.700. The van der Waals surface area contributed by atoms with Crippen LogP contribution in [-0.4, -0.2) is 27.3 Å². The molecule has 82 valence electrons. The SMILES string of the molecule is Cc1nnc(NC2(CN)CCC2)nc1C. The van der Waals surface area contributed by atoms with Crippen LogP contribution in [-0.2, 0) is 0 Å². The van der Waals surface area contributed by atoms with E-state index in [9.17, 15) is 0 Å². The van der Waals surface area contributed by atoms with Crippen LogP contribution in [0, 0.1) is 13.8 Å². The Balaban J connectivity index is 2.13. The number of hydrogen-bond donors (Lipinski definition) is 2. The second-order valence-corrected chi connectivity index (χ2v) is 4.27. The van der Waals surface area contributed by atoms with E-state index in [0.29, 0.717) is 12.5 Å². The number of nitrogens with two attached hydrogens (primary N) is 1. The molecule has 15 heavy (non-hydrogen) atoms. The zero-order chi connectivity index (χ0) is 10.9. The molecule has 0 unspecified atom stereocenters. The monoisotopic (exact) mass is 207 g/mol. The molecular weight excluding hydrogens is 190 g/mol. The van der Waals surface area contributed by atoms with Crippen LogP contribution in [0.25, 0.3) is 0 Å². The Bertz CT molecular complexity index is 353. The summed E-state index contributed by atoms with van der Waals surface area (Å²) < 4.78 is 0. The van der Waals surface area contributed by atoms with Crippen molar-refractivity contribution in [3.8, 4) is 0 Å². The zero-order valence-electron chi connectivity index (χ0n) is 9.25. The van der Waals surface area contributed by atoms with E-state index in [-0.39, 0.29) is 5.54 Å². The van der Waals surface area contributed by atoms with Gasteiger partial charge in [-0.05, 0) is 33.1 Å². The van der Waals surface area contributed by atoms with Gasteiger partial charge in [0.25, 0.3) is 0 Å². The van der Waals surface area contributed by atoms with E-state index in [0.717, 1.165) is 24.2 Å². The Kier molecular flexibility index (Phi) is 2.56. The van der Waals surface area contributed by atoms with E-state index in [1.807, 2.05) is 13.8 Å². The molecule has 1 aromatic heterocycles. The van der Waals surface area contributed by atoms with E-state index in [2.05, 4.69) is 20.5 Å². The highest BCUT2D eigenvalue weighted by atomic mass is 15.3. The van der Waals surface area contributed by atoms with Crippen molar-refractivity contribution >= 4 is 5.95 Å². The molecule has 0 saturated heterocycles. The second-order valence-electron chi connectivity index (χ2n) is 4.27. The average molecular weight is 207 g/mol. The van der Waals surface area contributed by atoms with Gasteiger partial charge >= 0.3 is 0 Å². The molecular formula is C10H17N5. The van der Waals surface area contributed by atoms with E-state index < -0.39 is 0 Å². The summed E-state index contributed by atoms with van der Waals surface area (Å²) in [4.78, 5) is 4.35. The van der Waals surface area contributed by atoms with E-state index in [1.165, 1.54) is 6.42 Å². The first-order chi connectivity index (χ1) is 7.15. The van der Waals surface area contributed by atoms with Gasteiger partial charge in [0.2, 0.25) is 5.95 Å². The number of rotatable bonds is 3. The highest BCUT2D eigenvalue weighted by Gasteiger charge is 2.36. The lowest BCUT2D eigenvalue weighted by Gasteiger charge is -2.41. The molecule has 1 aliphatic rings. The molecule has 1 aliphatic carbocycles. The normalized spacial score (nSPS) is 18.3. The molecule has 1 fully saturated rings. The number of nitrogens with one attached hydrogen (secondary N) is 1. The van der Waals surface area contributed by atoms with Crippen LogP contribution in [0.3, 0.4) is 0 Å². The molecule has 0 radical (unpaired) electrons. The summed E-state index contributed by atoms with van der Waals surface area (Å²) in [5.41, 5.74) is 7.55. The lowest BCUT2D eigenvalue weighted by Crippen LogP contribution is -2.51. The third-order valence-corrected chi connectivity index (χ3v) is 3.17. The first kappa shape index (κ1) is 10.3. The largest absolute Gasteiger partial charge is 0.346 e. The maximum absolute atomic E-state index is 5.75. The fourth-order valence-electron chi connectivity index (χ4n) is 1.73. The predicted octanol–water partition coefficient (Wildman–Crippen LogP) is 0.782. The minimum absolute atomic E-state index is 0.0172. The van der Waals surface area contributed by atoms with Crippen LogP contribution in [0.1, 0.15) is 30.7 Å². The Morgan fingerprint density at radius 2 is 2.00 bits per heavy atom. The summed E-state index contributed by atoms with van der Waals surface area (Å²) >= 11 is 0. The number of aryl methyl sites for hydroxylation is 2. The molecule has 1 aromatic rings. The maximum atomic E-state index is 5.75. The molecule has 5 heteroatoms. The first-order valence-electron chi connectivity index (χ1n) is 5.31. The van der Waals surface area contributed by atoms with Crippen LogP contribution in [0.4, 0.5) is 5.95 Å². The first-order valence-corrected chi connectivity index (χ1v) is 5.31. The molecule has 0 spiro atoms. The van der Waals surface area contributed by atoms with Gasteiger partial charge in [0.15, 0.2) is 0 Å². The van der Waals surface area contributed by atoms with E-state index in [4.69, 9.17) is 5.73 Å². The van der Waals surface area contributed by atoms with Crippen LogP contribution in [0.15, 0.2) is 0 Å². The molecule has 2 rings (SSSR count). The predicted molar refractivity (Wildman–Crippen MR) is 58.6 cm³/mol. The third kappa shape index (κ3) is 1.92. The van der Waals surface area contributed by atoms with Gasteiger partial charge in [-0.25, -0.2) is 4.98 Å². The van der Waals surface area contributed by atoms with Crippen LogP contribution < -0.4 is 11.1 Å². The van der Waals surface area contributed by atoms with Gasteiger partial charge in [0.1, 0.15) is 0 Å². The van der Waals surface area contributed by atoms with Gasteiger partial charge < -0.3 is 11.1 Å². The Morgan fingerprint density at radius 1 is 1.27 bits per heavy atom. The van der Waals surface area contributed by atoms with Crippen molar-refractivity contribution in [1.82, 2.24) is 15.2 Å². The second kappa shape index (κ2) is 3.73. The number of aromatic nitrogens is 3. The van der Waals surface area contributed by atoms with Crippen molar-refractivity contribution < 1.29 is 0 Å². The molecule has 5 nitrogen and oxygen atoms in total. The quantitative estimate of drug-likeness (QED) is 0.766. The van der Waals surface area contributed by atoms with Gasteiger partial charge in [-0.2, -0.15) is 5.10 Å². The molecule has 3 N–H and O–H groups in total. The smallest absolute Gasteiger partial charge is 0.243 e. The fourth-order valence-corrected chi connectivity index (χ4v) is 1.73. The van der Waals surface area contributed by atoms with Crippen LogP contribution in [0.2, 0.25) is 0 Å². The molecule has 1 saturated carbocycles. The third-order valence-electron chi connectivity index (χ3n) is 3.17. The standard InChI is InChI=1S/C10H17N5/c1-7-8(2)14-15-9(12-7)13-10(6-11)4-3-5-10/h3-6,11H2,1-2H3,(H,12,13,15). The van der Waals surface area contributed by atoms with Gasteiger partial charge in [-0.1, -0.05) is 0 Å². The Labute approximate surface area is 89.5 Å². The highest BCUT2D eigenvalue weighted by molar-refractivity contribution is 5.31. The molecule has 0 atom stereocenters. The van der Waals surface area contributed by atoms with Crippen molar-refractivity contribution in [3.05, 3.63) is 11.4 Å². The van der Waals surface area contributed by atoms with E-state index >= 15 is 0 Å². The summed E-state index contributed by atoms with van der Waals surface area (Å²) in [6, 6.07) is 0. The number of anilines is 1. The highest BCUT2D eigenvalue weighted by Crippen LogP contribution is 2.33. The van der Waals surface area contributed by atoms with Crippen LogP contribution in [0.5, 0.6) is 0 Å². The molecule has 0 bridgehead atoms. The Morgan fingerprint density at radius 3 is 2.47 bits per heavy atom. The van der Waals surface area contributed by atoms with Gasteiger partial charge in [-0.3, -0.25) is 0 Å². The maximum Gasteiger partial charge on any atom is 0.243 e. The van der Waals surface area contributed by atoms with E-state index in [1.54, 1.807) is 0 Å². The lowest BCUT2D eigenvalue weighted by atomic mass is 9.77. The Hall–Kier alpha value is -1.23. The summed E-state index contributed by atoms with van der Waals surface area (Å²) in [6.07, 6.45) is 3.42. The summed E-state index contributed by atoms with van der Waals surface area (Å²) in [5, 5.41) is 11.4. The summed E-state index contributed by atoms with van der Waals surface area (Å²) in [5.74, 6) is 0.600. The average Bonchev–Trinajstić information content (AvgIpc) is 2.17. The van der Waals surface area contributed by atoms with Crippen molar-refractivity contribution in [3.63, 3.8) is 0 Å². The zero-order valence-corrected chi connectivity index (χ0v) is 9.25. The summed E-state index contributed by atoms with van der Waals surface area (Å²) in [7, 11) is 0. The van der Waals surface area contributed by atoms with Crippen LogP contribution >= 0.6 is 0 Å². The van der Waals surface area contributed by atoms with Crippen molar-refractivity contribution in [1.29, 1.82) is 0 Å². The molecule has 1 heterocycles. The molecule has 0 aliphatic heterocycles. The minimum atomic E-state index is 0.0172. The topological polar surface area (TPSA) is 76.7 Å². The van der Waals surface area contributed by atoms with Crippen molar-refractivity contribution in [2.75, 3.05) is 11.9 Å². The van der Waals surface area contributed by atoms with Crippen molar-refractivity contribution in [2.24, 2.45) is 5.73 Å². The molecule has 0 amide bonds. The minimum Gasteiger partial charge on any atom is -0.346 e. The van der Waals surface area contributed by atoms with Gasteiger partial charge in [-0.15, -0.1) is 5.10 Å². The number of hydrogen-bond acceptors (Lipinski definition) is 5. The van der Waals surface area contributed by atoms with Crippen molar-refractivity contribution in [2.45, 2.75) is 38.6 Å².